The van der Waals surface area contributed by atoms with Gasteiger partial charge in [-0.05, 0) is 79.8 Å². The summed E-state index contributed by atoms with van der Waals surface area (Å²) >= 11 is 0. The zero-order valence-electron chi connectivity index (χ0n) is 20.3. The lowest BCUT2D eigenvalue weighted by atomic mass is 9.83. The molecule has 1 fully saturated rings. The van der Waals surface area contributed by atoms with Gasteiger partial charge in [-0.1, -0.05) is 36.4 Å². The summed E-state index contributed by atoms with van der Waals surface area (Å²) in [5.74, 6) is -0.206. The van der Waals surface area contributed by atoms with Crippen molar-refractivity contribution in [1.29, 1.82) is 0 Å². The van der Waals surface area contributed by atoms with Crippen LogP contribution in [-0.4, -0.2) is 36.5 Å². The number of hydrogen-bond donors (Lipinski definition) is 1. The SMILES string of the molecule is Cc1ccccc1-c1cc(CN2CC[C@]3(C=CS(=O)(=O)N3c3cccc(F)c3)C[C@@H]2C)ccc1O.Cl. The normalized spacial score (nSPS) is 23.1. The Morgan fingerprint density at radius 2 is 1.83 bits per heavy atom. The molecule has 2 aliphatic rings. The molecule has 2 atom stereocenters. The molecule has 3 aromatic carbocycles. The highest BCUT2D eigenvalue weighted by Crippen LogP contribution is 2.43. The second-order valence-electron chi connectivity index (χ2n) is 9.64. The topological polar surface area (TPSA) is 60.9 Å². The molecule has 0 saturated carbocycles. The molecule has 0 unspecified atom stereocenters. The van der Waals surface area contributed by atoms with E-state index in [4.69, 9.17) is 0 Å². The van der Waals surface area contributed by atoms with E-state index in [-0.39, 0.29) is 24.2 Å². The number of aryl methyl sites for hydroxylation is 1. The summed E-state index contributed by atoms with van der Waals surface area (Å²) in [4.78, 5) is 2.34. The Bertz CT molecular complexity index is 1410. The Kier molecular flexibility index (Phi) is 7.19. The number of nitrogens with zero attached hydrogens (tertiary/aromatic N) is 2. The number of piperidine rings is 1. The van der Waals surface area contributed by atoms with Crippen molar-refractivity contribution in [3.63, 3.8) is 0 Å². The number of aromatic hydroxyl groups is 1. The monoisotopic (exact) mass is 528 g/mol. The van der Waals surface area contributed by atoms with E-state index in [0.717, 1.165) is 22.3 Å². The summed E-state index contributed by atoms with van der Waals surface area (Å²) in [6.45, 7) is 5.51. The van der Waals surface area contributed by atoms with Gasteiger partial charge in [-0.25, -0.2) is 12.8 Å². The van der Waals surface area contributed by atoms with E-state index in [2.05, 4.69) is 11.8 Å². The summed E-state index contributed by atoms with van der Waals surface area (Å²) < 4.78 is 41.2. The summed E-state index contributed by atoms with van der Waals surface area (Å²) in [6, 6.07) is 19.6. The van der Waals surface area contributed by atoms with Crippen molar-refractivity contribution in [3.05, 3.63) is 95.2 Å². The van der Waals surface area contributed by atoms with Gasteiger partial charge >= 0.3 is 0 Å². The van der Waals surface area contributed by atoms with Crippen LogP contribution in [0.4, 0.5) is 10.1 Å². The van der Waals surface area contributed by atoms with Gasteiger partial charge in [0.15, 0.2) is 0 Å². The van der Waals surface area contributed by atoms with Gasteiger partial charge in [0.05, 0.1) is 11.2 Å². The molecule has 3 aromatic rings. The number of benzene rings is 3. The molecular formula is C28H30ClFN2O3S. The van der Waals surface area contributed by atoms with Gasteiger partial charge in [0.25, 0.3) is 10.0 Å². The molecule has 190 valence electrons. The van der Waals surface area contributed by atoms with Crippen LogP contribution >= 0.6 is 12.4 Å². The minimum absolute atomic E-state index is 0. The highest BCUT2D eigenvalue weighted by Gasteiger charge is 2.49. The molecule has 0 bridgehead atoms. The Labute approximate surface area is 218 Å². The highest BCUT2D eigenvalue weighted by molar-refractivity contribution is 7.96. The minimum atomic E-state index is -3.67. The standard InChI is InChI=1S/C28H29FN2O3S.ClH/c1-20-6-3-4-9-25(20)26-16-22(10-11-27(26)32)19-30-14-12-28(18-21(30)2)13-15-35(33,34)31(28)24-8-5-7-23(29)17-24;/h3-11,13,15-17,21,32H,12,14,18-19H2,1-2H3;1H/t21-,28-;/m0./s1. The van der Waals surface area contributed by atoms with Crippen molar-refractivity contribution in [3.8, 4) is 16.9 Å². The van der Waals surface area contributed by atoms with Crippen LogP contribution in [0.1, 0.15) is 30.9 Å². The molecule has 0 aliphatic carbocycles. The van der Waals surface area contributed by atoms with Gasteiger partial charge in [0.2, 0.25) is 0 Å². The number of rotatable bonds is 4. The smallest absolute Gasteiger partial charge is 0.258 e. The highest BCUT2D eigenvalue weighted by atomic mass is 35.5. The van der Waals surface area contributed by atoms with E-state index in [1.165, 1.54) is 21.8 Å². The van der Waals surface area contributed by atoms with Crippen molar-refractivity contribution in [2.45, 2.75) is 44.8 Å². The van der Waals surface area contributed by atoms with Crippen molar-refractivity contribution < 1.29 is 17.9 Å². The molecule has 0 aromatic heterocycles. The molecule has 5 rings (SSSR count). The van der Waals surface area contributed by atoms with E-state index < -0.39 is 21.4 Å². The molecule has 5 nitrogen and oxygen atoms in total. The van der Waals surface area contributed by atoms with Crippen molar-refractivity contribution in [2.24, 2.45) is 0 Å². The van der Waals surface area contributed by atoms with Gasteiger partial charge in [-0.2, -0.15) is 0 Å². The van der Waals surface area contributed by atoms with E-state index >= 15 is 0 Å². The fraction of sp³-hybridized carbons (Fsp3) is 0.286. The predicted octanol–water partition coefficient (Wildman–Crippen LogP) is 6.02. The van der Waals surface area contributed by atoms with Crippen LogP contribution in [0, 0.1) is 12.7 Å². The molecule has 0 radical (unpaired) electrons. The van der Waals surface area contributed by atoms with Crippen LogP contribution in [0.2, 0.25) is 0 Å². The van der Waals surface area contributed by atoms with Crippen LogP contribution in [0.15, 0.2) is 78.2 Å². The van der Waals surface area contributed by atoms with Crippen LogP contribution in [0.3, 0.4) is 0 Å². The number of phenolic OH excluding ortho intramolecular Hbond substituents is 1. The summed E-state index contributed by atoms with van der Waals surface area (Å²) in [5, 5.41) is 11.8. The Morgan fingerprint density at radius 1 is 1.06 bits per heavy atom. The molecule has 2 heterocycles. The second kappa shape index (κ2) is 9.88. The molecule has 1 spiro atoms. The van der Waals surface area contributed by atoms with Crippen LogP contribution in [-0.2, 0) is 16.6 Å². The fourth-order valence-electron chi connectivity index (χ4n) is 5.48. The first-order valence-corrected chi connectivity index (χ1v) is 13.3. The molecular weight excluding hydrogens is 499 g/mol. The van der Waals surface area contributed by atoms with Gasteiger partial charge in [-0.15, -0.1) is 12.4 Å². The van der Waals surface area contributed by atoms with Gasteiger partial charge in [-0.3, -0.25) is 9.21 Å². The summed E-state index contributed by atoms with van der Waals surface area (Å²) in [6.07, 6.45) is 2.98. The molecule has 36 heavy (non-hydrogen) atoms. The van der Waals surface area contributed by atoms with Crippen LogP contribution < -0.4 is 4.31 Å². The zero-order chi connectivity index (χ0) is 24.8. The Balaban J connectivity index is 0.00000304. The fourth-order valence-corrected chi connectivity index (χ4v) is 7.17. The minimum Gasteiger partial charge on any atom is -0.507 e. The molecule has 2 aliphatic heterocycles. The van der Waals surface area contributed by atoms with Gasteiger partial charge in [0.1, 0.15) is 11.6 Å². The van der Waals surface area contributed by atoms with Gasteiger partial charge < -0.3 is 5.11 Å². The molecule has 0 amide bonds. The van der Waals surface area contributed by atoms with E-state index in [1.54, 1.807) is 24.3 Å². The van der Waals surface area contributed by atoms with E-state index in [1.807, 2.05) is 43.3 Å². The van der Waals surface area contributed by atoms with Crippen molar-refractivity contribution >= 4 is 28.1 Å². The Morgan fingerprint density at radius 3 is 2.56 bits per heavy atom. The lowest BCUT2D eigenvalue weighted by molar-refractivity contribution is 0.120. The maximum atomic E-state index is 13.9. The third-order valence-corrected chi connectivity index (χ3v) is 8.80. The summed E-state index contributed by atoms with van der Waals surface area (Å²) in [5.41, 5.74) is 3.65. The number of anilines is 1. The second-order valence-corrected chi connectivity index (χ2v) is 11.3. The Hall–Kier alpha value is -2.87. The van der Waals surface area contributed by atoms with E-state index in [9.17, 15) is 17.9 Å². The van der Waals surface area contributed by atoms with Crippen molar-refractivity contribution in [2.75, 3.05) is 10.8 Å². The maximum Gasteiger partial charge on any atom is 0.258 e. The quantitative estimate of drug-likeness (QED) is 0.450. The lowest BCUT2D eigenvalue weighted by Gasteiger charge is -2.47. The number of likely N-dealkylation sites (tertiary alicyclic amines) is 1. The number of hydrogen-bond acceptors (Lipinski definition) is 4. The first-order chi connectivity index (χ1) is 16.7. The lowest BCUT2D eigenvalue weighted by Crippen LogP contribution is -2.56. The van der Waals surface area contributed by atoms with Crippen LogP contribution in [0.5, 0.6) is 5.75 Å². The predicted molar refractivity (Wildman–Crippen MR) is 144 cm³/mol. The maximum absolute atomic E-state index is 13.9. The first-order valence-electron chi connectivity index (χ1n) is 11.8. The van der Waals surface area contributed by atoms with Crippen LogP contribution in [0.25, 0.3) is 11.1 Å². The van der Waals surface area contributed by atoms with E-state index in [0.29, 0.717) is 31.6 Å². The molecule has 1 N–H and O–H groups in total. The molecule has 1 saturated heterocycles. The number of halogens is 2. The number of sulfonamides is 1. The molecule has 8 heteroatoms. The number of phenols is 1. The first kappa shape index (κ1) is 26.2. The largest absolute Gasteiger partial charge is 0.507 e. The average Bonchev–Trinajstić information content (AvgIpc) is 3.07. The third kappa shape index (κ3) is 4.75. The summed E-state index contributed by atoms with van der Waals surface area (Å²) in [7, 11) is -3.67. The average molecular weight is 529 g/mol. The zero-order valence-corrected chi connectivity index (χ0v) is 21.9. The van der Waals surface area contributed by atoms with Crippen molar-refractivity contribution in [1.82, 2.24) is 4.90 Å². The third-order valence-electron chi connectivity index (χ3n) is 7.24. The van der Waals surface area contributed by atoms with Gasteiger partial charge in [0, 0.05) is 30.1 Å².